The van der Waals surface area contributed by atoms with Crippen LogP contribution >= 0.6 is 11.8 Å². The Hall–Kier alpha value is -1.82. The van der Waals surface area contributed by atoms with E-state index in [4.69, 9.17) is 14.2 Å². The molecule has 25 heavy (non-hydrogen) atoms. The molecule has 1 atom stereocenters. The number of thioether (sulfide) groups is 1. The van der Waals surface area contributed by atoms with Crippen LogP contribution in [0.1, 0.15) is 23.6 Å². The summed E-state index contributed by atoms with van der Waals surface area (Å²) in [4.78, 5) is 12.3. The maximum atomic E-state index is 12.3. The Morgan fingerprint density at radius 1 is 0.880 bits per heavy atom. The molecule has 2 rings (SSSR count). The first-order valence-electron chi connectivity index (χ1n) is 7.89. The largest absolute Gasteiger partial charge is 0.468 e. The lowest BCUT2D eigenvalue weighted by molar-refractivity contribution is -0.183. The minimum Gasteiger partial charge on any atom is -0.468 e. The van der Waals surface area contributed by atoms with Gasteiger partial charge in [-0.05, 0) is 24.8 Å². The van der Waals surface area contributed by atoms with Crippen LogP contribution in [0.5, 0.6) is 0 Å². The second kappa shape index (κ2) is 8.04. The first-order chi connectivity index (χ1) is 12.0. The Kier molecular flexibility index (Phi) is 6.27. The summed E-state index contributed by atoms with van der Waals surface area (Å²) in [5, 5.41) is 0. The highest BCUT2D eigenvalue weighted by molar-refractivity contribution is 8.00. The quantitative estimate of drug-likeness (QED) is 0.553. The Morgan fingerprint density at radius 2 is 1.44 bits per heavy atom. The standard InChI is InChI=1S/C20H24O4S/c1-19(25-5,18(21)22-2)16-12-9-13-17(14-16)20(23-3,24-4)15-10-7-6-8-11-15/h6-14H,1-5H3. The number of methoxy groups -OCH3 is 3. The topological polar surface area (TPSA) is 44.8 Å². The third-order valence-corrected chi connectivity index (χ3v) is 5.72. The predicted octanol–water partition coefficient (Wildman–Crippen LogP) is 3.93. The van der Waals surface area contributed by atoms with E-state index in [0.29, 0.717) is 0 Å². The molecular weight excluding hydrogens is 336 g/mol. The molecule has 0 radical (unpaired) electrons. The number of ether oxygens (including phenoxy) is 3. The molecule has 1 unspecified atom stereocenters. The van der Waals surface area contributed by atoms with Crippen LogP contribution in [-0.2, 0) is 29.5 Å². The number of hydrogen-bond acceptors (Lipinski definition) is 5. The Labute approximate surface area is 153 Å². The SMILES string of the molecule is COC(=O)C(C)(SC)c1cccc(C(OC)(OC)c2ccccc2)c1. The van der Waals surface area contributed by atoms with Crippen LogP contribution < -0.4 is 0 Å². The fraction of sp³-hybridized carbons (Fsp3) is 0.350. The van der Waals surface area contributed by atoms with E-state index in [9.17, 15) is 4.79 Å². The average molecular weight is 360 g/mol. The van der Waals surface area contributed by atoms with Gasteiger partial charge in [0.1, 0.15) is 4.75 Å². The zero-order chi connectivity index (χ0) is 18.5. The van der Waals surface area contributed by atoms with Crippen molar-refractivity contribution < 1.29 is 19.0 Å². The molecule has 0 bridgehead atoms. The molecule has 134 valence electrons. The Morgan fingerprint density at radius 3 is 1.96 bits per heavy atom. The van der Waals surface area contributed by atoms with E-state index in [1.807, 2.05) is 67.8 Å². The van der Waals surface area contributed by atoms with Crippen LogP contribution in [0.2, 0.25) is 0 Å². The maximum absolute atomic E-state index is 12.3. The number of hydrogen-bond donors (Lipinski definition) is 0. The number of esters is 1. The fourth-order valence-electron chi connectivity index (χ4n) is 2.91. The van der Waals surface area contributed by atoms with Gasteiger partial charge in [-0.3, -0.25) is 4.79 Å². The highest BCUT2D eigenvalue weighted by atomic mass is 32.2. The fourth-order valence-corrected chi connectivity index (χ4v) is 3.53. The van der Waals surface area contributed by atoms with Gasteiger partial charge in [-0.25, -0.2) is 0 Å². The van der Waals surface area contributed by atoms with Gasteiger partial charge in [0.15, 0.2) is 0 Å². The van der Waals surface area contributed by atoms with E-state index in [0.717, 1.165) is 16.7 Å². The summed E-state index contributed by atoms with van der Waals surface area (Å²) in [6.45, 7) is 1.85. The molecule has 0 aliphatic rings. The molecule has 0 spiro atoms. The Bertz CT molecular complexity index is 713. The van der Waals surface area contributed by atoms with Crippen LogP contribution in [0.15, 0.2) is 54.6 Å². The first-order valence-corrected chi connectivity index (χ1v) is 9.11. The van der Waals surface area contributed by atoms with Gasteiger partial charge in [0.25, 0.3) is 0 Å². The molecule has 2 aromatic rings. The van der Waals surface area contributed by atoms with Gasteiger partial charge in [-0.15, -0.1) is 11.8 Å². The number of carbonyl (C=O) groups excluding carboxylic acids is 1. The zero-order valence-electron chi connectivity index (χ0n) is 15.2. The highest BCUT2D eigenvalue weighted by Crippen LogP contribution is 2.40. The molecule has 5 heteroatoms. The van der Waals surface area contributed by atoms with Crippen molar-refractivity contribution in [1.29, 1.82) is 0 Å². The highest BCUT2D eigenvalue weighted by Gasteiger charge is 2.39. The van der Waals surface area contributed by atoms with Gasteiger partial charge in [0.2, 0.25) is 5.79 Å². The first kappa shape index (κ1) is 19.5. The molecule has 2 aromatic carbocycles. The van der Waals surface area contributed by atoms with Crippen molar-refractivity contribution in [1.82, 2.24) is 0 Å². The third-order valence-electron chi connectivity index (χ3n) is 4.51. The van der Waals surface area contributed by atoms with Crippen molar-refractivity contribution in [3.63, 3.8) is 0 Å². The van der Waals surface area contributed by atoms with Crippen LogP contribution in [0.3, 0.4) is 0 Å². The van der Waals surface area contributed by atoms with Gasteiger partial charge in [0.05, 0.1) is 7.11 Å². The van der Waals surface area contributed by atoms with E-state index < -0.39 is 10.5 Å². The van der Waals surface area contributed by atoms with Crippen molar-refractivity contribution in [2.24, 2.45) is 0 Å². The maximum Gasteiger partial charge on any atom is 0.326 e. The van der Waals surface area contributed by atoms with Gasteiger partial charge in [-0.1, -0.05) is 48.5 Å². The predicted molar refractivity (Wildman–Crippen MR) is 101 cm³/mol. The van der Waals surface area contributed by atoms with Crippen molar-refractivity contribution in [2.45, 2.75) is 17.5 Å². The van der Waals surface area contributed by atoms with Crippen LogP contribution in [0, 0.1) is 0 Å². The number of carbonyl (C=O) groups is 1. The van der Waals surface area contributed by atoms with Crippen LogP contribution in [0.4, 0.5) is 0 Å². The molecule has 0 fully saturated rings. The van der Waals surface area contributed by atoms with Crippen molar-refractivity contribution in [2.75, 3.05) is 27.6 Å². The lowest BCUT2D eigenvalue weighted by Crippen LogP contribution is -2.34. The van der Waals surface area contributed by atoms with E-state index in [1.54, 1.807) is 14.2 Å². The Balaban J connectivity index is 2.61. The summed E-state index contributed by atoms with van der Waals surface area (Å²) in [6, 6.07) is 17.4. The van der Waals surface area contributed by atoms with Gasteiger partial charge in [-0.2, -0.15) is 0 Å². The molecule has 0 amide bonds. The lowest BCUT2D eigenvalue weighted by Gasteiger charge is -2.33. The summed E-state index contributed by atoms with van der Waals surface area (Å²) in [6.07, 6.45) is 1.89. The van der Waals surface area contributed by atoms with Crippen molar-refractivity contribution in [3.8, 4) is 0 Å². The molecule has 0 saturated carbocycles. The molecule has 0 aliphatic heterocycles. The van der Waals surface area contributed by atoms with E-state index in [2.05, 4.69) is 0 Å². The van der Waals surface area contributed by atoms with E-state index >= 15 is 0 Å². The lowest BCUT2D eigenvalue weighted by atomic mass is 9.91. The number of benzene rings is 2. The second-order valence-corrected chi connectivity index (χ2v) is 6.93. The molecule has 0 aliphatic carbocycles. The van der Waals surface area contributed by atoms with Gasteiger partial charge in [0, 0.05) is 25.3 Å². The van der Waals surface area contributed by atoms with E-state index in [1.165, 1.54) is 18.9 Å². The summed E-state index contributed by atoms with van der Waals surface area (Å²) in [5.41, 5.74) is 2.52. The minimum atomic E-state index is -1.05. The van der Waals surface area contributed by atoms with E-state index in [-0.39, 0.29) is 5.97 Å². The summed E-state index contributed by atoms with van der Waals surface area (Å²) in [7, 11) is 4.62. The van der Waals surface area contributed by atoms with Crippen LogP contribution in [-0.4, -0.2) is 33.6 Å². The van der Waals surface area contributed by atoms with Crippen molar-refractivity contribution >= 4 is 17.7 Å². The van der Waals surface area contributed by atoms with Gasteiger partial charge >= 0.3 is 5.97 Å². The normalized spacial score (nSPS) is 14.0. The molecule has 0 N–H and O–H groups in total. The summed E-state index contributed by atoms with van der Waals surface area (Å²) < 4.78 is 15.8. The minimum absolute atomic E-state index is 0.294. The van der Waals surface area contributed by atoms with Crippen molar-refractivity contribution in [3.05, 3.63) is 71.3 Å². The molecule has 0 aromatic heterocycles. The monoisotopic (exact) mass is 360 g/mol. The van der Waals surface area contributed by atoms with Gasteiger partial charge < -0.3 is 14.2 Å². The number of rotatable bonds is 7. The summed E-state index contributed by atoms with van der Waals surface area (Å²) in [5.74, 6) is -1.34. The smallest absolute Gasteiger partial charge is 0.326 e. The molecule has 0 saturated heterocycles. The molecular formula is C20H24O4S. The zero-order valence-corrected chi connectivity index (χ0v) is 16.1. The summed E-state index contributed by atoms with van der Waals surface area (Å²) >= 11 is 1.43. The second-order valence-electron chi connectivity index (χ2n) is 5.70. The molecule has 0 heterocycles. The average Bonchev–Trinajstić information content (AvgIpc) is 2.69. The molecule has 4 nitrogen and oxygen atoms in total. The third kappa shape index (κ3) is 3.45. The van der Waals surface area contributed by atoms with Crippen LogP contribution in [0.25, 0.3) is 0 Å².